The largest absolute Gasteiger partial charge is 0.474 e. The van der Waals surface area contributed by atoms with E-state index in [1.54, 1.807) is 12.3 Å². The number of anilines is 2. The molecule has 28 heavy (non-hydrogen) atoms. The van der Waals surface area contributed by atoms with Gasteiger partial charge in [0.15, 0.2) is 0 Å². The Kier molecular flexibility index (Phi) is 5.73. The Morgan fingerprint density at radius 1 is 1.11 bits per heavy atom. The molecule has 0 atom stereocenters. The van der Waals surface area contributed by atoms with Crippen LogP contribution in [0.1, 0.15) is 24.0 Å². The molecular weight excluding hydrogens is 356 g/mol. The van der Waals surface area contributed by atoms with E-state index in [-0.39, 0.29) is 6.10 Å². The summed E-state index contributed by atoms with van der Waals surface area (Å²) in [6.45, 7) is 4.51. The van der Waals surface area contributed by atoms with Crippen LogP contribution < -0.4 is 15.4 Å². The predicted octanol–water partition coefficient (Wildman–Crippen LogP) is 2.47. The fourth-order valence-electron chi connectivity index (χ4n) is 3.57. The van der Waals surface area contributed by atoms with Gasteiger partial charge in [-0.05, 0) is 18.2 Å². The molecule has 148 valence electrons. The highest BCUT2D eigenvalue weighted by Crippen LogP contribution is 2.28. The highest BCUT2D eigenvalue weighted by Gasteiger charge is 2.22. The number of aromatic nitrogens is 1. The minimum Gasteiger partial charge on any atom is -0.474 e. The van der Waals surface area contributed by atoms with Crippen molar-refractivity contribution in [2.75, 3.05) is 50.2 Å². The number of nitrogens with one attached hydrogen (secondary N) is 1. The summed E-state index contributed by atoms with van der Waals surface area (Å²) in [5, 5.41) is 8.81. The number of rotatable bonds is 5. The molecule has 0 spiro atoms. The maximum atomic E-state index is 8.81. The van der Waals surface area contributed by atoms with Crippen molar-refractivity contribution in [3.63, 3.8) is 0 Å². The Bertz CT molecular complexity index is 830. The van der Waals surface area contributed by atoms with Gasteiger partial charge in [-0.15, -0.1) is 0 Å². The number of hydrogen-bond acceptors (Lipinski definition) is 7. The Balaban J connectivity index is 1.60. The summed E-state index contributed by atoms with van der Waals surface area (Å²) in [6.07, 6.45) is 3.30. The molecule has 0 unspecified atom stereocenters. The molecule has 0 bridgehead atoms. The normalized spacial score (nSPS) is 18.1. The third kappa shape index (κ3) is 4.10. The molecule has 3 heterocycles. The van der Waals surface area contributed by atoms with Crippen molar-refractivity contribution in [2.24, 2.45) is 0 Å². The first-order chi connectivity index (χ1) is 13.7. The number of ether oxygens (including phenoxy) is 3. The molecule has 4 rings (SSSR count). The SMILES string of the molecule is N=C(c1cccc(N2CCOCC2)c1)c1c(N)ccnc1OC1CCOCC1. The summed E-state index contributed by atoms with van der Waals surface area (Å²) in [5.74, 6) is 0.425. The molecular formula is C21H26N4O3. The highest BCUT2D eigenvalue weighted by molar-refractivity contribution is 6.15. The maximum Gasteiger partial charge on any atom is 0.225 e. The van der Waals surface area contributed by atoms with Crippen molar-refractivity contribution in [3.8, 4) is 5.88 Å². The van der Waals surface area contributed by atoms with Crippen LogP contribution >= 0.6 is 0 Å². The smallest absolute Gasteiger partial charge is 0.225 e. The van der Waals surface area contributed by atoms with E-state index < -0.39 is 0 Å². The second-order valence-corrected chi connectivity index (χ2v) is 7.03. The first kappa shape index (κ1) is 18.7. The van der Waals surface area contributed by atoms with E-state index in [1.807, 2.05) is 18.2 Å². The van der Waals surface area contributed by atoms with Crippen LogP contribution in [0, 0.1) is 5.41 Å². The molecule has 2 aliphatic heterocycles. The number of hydrogen-bond donors (Lipinski definition) is 2. The Hall–Kier alpha value is -2.64. The minimum absolute atomic E-state index is 0.0364. The van der Waals surface area contributed by atoms with E-state index in [0.29, 0.717) is 36.1 Å². The van der Waals surface area contributed by atoms with Crippen molar-refractivity contribution in [1.82, 2.24) is 4.98 Å². The van der Waals surface area contributed by atoms with Gasteiger partial charge in [-0.3, -0.25) is 5.41 Å². The molecule has 0 radical (unpaired) electrons. The average molecular weight is 382 g/mol. The topological polar surface area (TPSA) is 93.7 Å². The quantitative estimate of drug-likeness (QED) is 0.772. The number of pyridine rings is 1. The molecule has 2 saturated heterocycles. The Labute approximate surface area is 164 Å². The van der Waals surface area contributed by atoms with E-state index >= 15 is 0 Å². The van der Waals surface area contributed by atoms with Gasteiger partial charge >= 0.3 is 0 Å². The molecule has 3 N–H and O–H groups in total. The van der Waals surface area contributed by atoms with Crippen molar-refractivity contribution in [1.29, 1.82) is 5.41 Å². The highest BCUT2D eigenvalue weighted by atomic mass is 16.5. The van der Waals surface area contributed by atoms with Gasteiger partial charge in [0, 0.05) is 49.1 Å². The summed E-state index contributed by atoms with van der Waals surface area (Å²) in [6, 6.07) is 9.70. The summed E-state index contributed by atoms with van der Waals surface area (Å²) in [5.41, 5.74) is 9.48. The third-order valence-electron chi connectivity index (χ3n) is 5.16. The van der Waals surface area contributed by atoms with E-state index in [9.17, 15) is 0 Å². The second kappa shape index (κ2) is 8.58. The summed E-state index contributed by atoms with van der Waals surface area (Å²) < 4.78 is 17.0. The molecule has 2 aliphatic rings. The fraction of sp³-hybridized carbons (Fsp3) is 0.429. The number of nitrogens with zero attached hydrogens (tertiary/aromatic N) is 2. The van der Waals surface area contributed by atoms with Crippen molar-refractivity contribution >= 4 is 17.1 Å². The number of nitrogen functional groups attached to an aromatic ring is 1. The van der Waals surface area contributed by atoms with Gasteiger partial charge in [0.1, 0.15) is 6.10 Å². The van der Waals surface area contributed by atoms with Crippen molar-refractivity contribution in [2.45, 2.75) is 18.9 Å². The van der Waals surface area contributed by atoms with Gasteiger partial charge in [-0.2, -0.15) is 0 Å². The van der Waals surface area contributed by atoms with Gasteiger partial charge in [0.2, 0.25) is 5.88 Å². The lowest BCUT2D eigenvalue weighted by Crippen LogP contribution is -2.36. The maximum absolute atomic E-state index is 8.81. The molecule has 0 saturated carbocycles. The van der Waals surface area contributed by atoms with E-state index in [1.165, 1.54) is 0 Å². The molecule has 1 aromatic heterocycles. The number of morpholine rings is 1. The molecule has 7 nitrogen and oxygen atoms in total. The molecule has 2 aromatic rings. The lowest BCUT2D eigenvalue weighted by Gasteiger charge is -2.29. The molecule has 7 heteroatoms. The molecule has 1 aromatic carbocycles. The van der Waals surface area contributed by atoms with Crippen LogP contribution in [0.4, 0.5) is 11.4 Å². The van der Waals surface area contributed by atoms with E-state index in [2.05, 4.69) is 16.0 Å². The zero-order valence-corrected chi connectivity index (χ0v) is 15.9. The van der Waals surface area contributed by atoms with Gasteiger partial charge in [0.05, 0.1) is 37.7 Å². The second-order valence-electron chi connectivity index (χ2n) is 7.03. The summed E-state index contributed by atoms with van der Waals surface area (Å²) in [4.78, 5) is 6.65. The first-order valence-corrected chi connectivity index (χ1v) is 9.73. The van der Waals surface area contributed by atoms with Crippen molar-refractivity contribution < 1.29 is 14.2 Å². The van der Waals surface area contributed by atoms with Gasteiger partial charge < -0.3 is 24.8 Å². The summed E-state index contributed by atoms with van der Waals surface area (Å²) in [7, 11) is 0. The Morgan fingerprint density at radius 2 is 1.86 bits per heavy atom. The van der Waals surface area contributed by atoms with Crippen LogP contribution in [0.3, 0.4) is 0 Å². The predicted molar refractivity (Wildman–Crippen MR) is 109 cm³/mol. The van der Waals surface area contributed by atoms with Gasteiger partial charge in [-0.1, -0.05) is 12.1 Å². The third-order valence-corrected chi connectivity index (χ3v) is 5.16. The first-order valence-electron chi connectivity index (χ1n) is 9.73. The van der Waals surface area contributed by atoms with E-state index in [4.69, 9.17) is 25.4 Å². The van der Waals surface area contributed by atoms with Gasteiger partial charge in [-0.25, -0.2) is 4.98 Å². The number of benzene rings is 1. The van der Waals surface area contributed by atoms with Crippen LogP contribution in [0.2, 0.25) is 0 Å². The van der Waals surface area contributed by atoms with Crippen LogP contribution in [0.25, 0.3) is 0 Å². The van der Waals surface area contributed by atoms with Crippen LogP contribution in [0.15, 0.2) is 36.5 Å². The van der Waals surface area contributed by atoms with Crippen LogP contribution in [0.5, 0.6) is 5.88 Å². The molecule has 0 amide bonds. The van der Waals surface area contributed by atoms with Crippen molar-refractivity contribution in [3.05, 3.63) is 47.7 Å². The lowest BCUT2D eigenvalue weighted by atomic mass is 10.0. The van der Waals surface area contributed by atoms with Gasteiger partial charge in [0.25, 0.3) is 0 Å². The zero-order valence-electron chi connectivity index (χ0n) is 15.9. The average Bonchev–Trinajstić information content (AvgIpc) is 2.75. The Morgan fingerprint density at radius 3 is 2.64 bits per heavy atom. The monoisotopic (exact) mass is 382 g/mol. The molecule has 0 aliphatic carbocycles. The standard InChI is InChI=1S/C21H26N4O3/c22-18-4-7-24-21(28-17-5-10-26-11-6-17)19(18)20(23)15-2-1-3-16(14-15)25-8-12-27-13-9-25/h1-4,7,14,17,23H,5-6,8-13H2,(H2,22,24). The number of nitrogens with two attached hydrogens (primary N) is 1. The lowest BCUT2D eigenvalue weighted by molar-refractivity contribution is 0.0237. The van der Waals surface area contributed by atoms with Crippen LogP contribution in [-0.2, 0) is 9.47 Å². The zero-order chi connectivity index (χ0) is 19.3. The van der Waals surface area contributed by atoms with E-state index in [0.717, 1.165) is 50.4 Å². The fourth-order valence-corrected chi connectivity index (χ4v) is 3.57. The minimum atomic E-state index is 0.0364. The van der Waals surface area contributed by atoms with Crippen LogP contribution in [-0.4, -0.2) is 56.3 Å². The molecule has 2 fully saturated rings. The summed E-state index contributed by atoms with van der Waals surface area (Å²) >= 11 is 0.